The molecule has 0 heterocycles. The van der Waals surface area contributed by atoms with E-state index < -0.39 is 15.2 Å². The number of hydrogen-bond donors (Lipinski definition) is 2. The Labute approximate surface area is 178 Å². The molecule has 3 aromatic carbocycles. The number of thiocarbonyl (C=S) groups is 1. The van der Waals surface area contributed by atoms with Crippen molar-refractivity contribution < 1.29 is 8.42 Å². The molecule has 0 fully saturated rings. The van der Waals surface area contributed by atoms with Gasteiger partial charge in [0.25, 0.3) is 0 Å². The molecule has 3 rings (SSSR count). The van der Waals surface area contributed by atoms with Gasteiger partial charge in [0, 0.05) is 9.26 Å². The van der Waals surface area contributed by atoms with Gasteiger partial charge < -0.3 is 10.6 Å². The maximum absolute atomic E-state index is 13.3. The van der Waals surface area contributed by atoms with Crippen LogP contribution in [0.4, 0.5) is 5.69 Å². The van der Waals surface area contributed by atoms with Crippen LogP contribution < -0.4 is 10.6 Å². The molecule has 0 aliphatic rings. The first-order chi connectivity index (χ1) is 13.0. The second-order valence-electron chi connectivity index (χ2n) is 5.76. The first-order valence-electron chi connectivity index (χ1n) is 8.14. The van der Waals surface area contributed by atoms with Gasteiger partial charge in [0.15, 0.2) is 10.5 Å². The van der Waals surface area contributed by atoms with Crippen LogP contribution >= 0.6 is 34.8 Å². The topological polar surface area (TPSA) is 58.2 Å². The third-order valence-corrected chi connectivity index (χ3v) is 6.66. The fourth-order valence-electron chi connectivity index (χ4n) is 2.56. The van der Waals surface area contributed by atoms with E-state index in [4.69, 9.17) is 12.2 Å². The Morgan fingerprint density at radius 1 is 0.889 bits per heavy atom. The lowest BCUT2D eigenvalue weighted by atomic mass is 10.2. The SMILES string of the molecule is O=S(=O)(c1ccccc1)C(NC(=S)Nc1ccccc1)c1cccc(I)c1. The summed E-state index contributed by atoms with van der Waals surface area (Å²) in [5, 5.41) is 5.25. The van der Waals surface area contributed by atoms with Crippen molar-refractivity contribution in [3.63, 3.8) is 0 Å². The second-order valence-corrected chi connectivity index (χ2v) is 9.44. The predicted octanol–water partition coefficient (Wildman–Crippen LogP) is 4.75. The van der Waals surface area contributed by atoms with E-state index in [9.17, 15) is 8.42 Å². The Morgan fingerprint density at radius 2 is 1.52 bits per heavy atom. The van der Waals surface area contributed by atoms with E-state index >= 15 is 0 Å². The lowest BCUT2D eigenvalue weighted by Crippen LogP contribution is -2.36. The first kappa shape index (κ1) is 19.8. The molecule has 4 nitrogen and oxygen atoms in total. The number of rotatable bonds is 5. The van der Waals surface area contributed by atoms with Gasteiger partial charge in [-0.2, -0.15) is 0 Å². The minimum Gasteiger partial charge on any atom is -0.342 e. The molecule has 1 unspecified atom stereocenters. The van der Waals surface area contributed by atoms with Gasteiger partial charge in [-0.1, -0.05) is 48.5 Å². The van der Waals surface area contributed by atoms with Crippen LogP contribution in [0.15, 0.2) is 89.8 Å². The highest BCUT2D eigenvalue weighted by molar-refractivity contribution is 14.1. The average molecular weight is 508 g/mol. The van der Waals surface area contributed by atoms with E-state index in [1.165, 1.54) is 0 Å². The number of sulfone groups is 1. The van der Waals surface area contributed by atoms with Gasteiger partial charge in [0.1, 0.15) is 0 Å². The molecule has 0 radical (unpaired) electrons. The molecule has 0 amide bonds. The summed E-state index contributed by atoms with van der Waals surface area (Å²) in [6.07, 6.45) is 0. The van der Waals surface area contributed by atoms with E-state index in [0.717, 1.165) is 9.26 Å². The molecule has 2 N–H and O–H groups in total. The lowest BCUT2D eigenvalue weighted by Gasteiger charge is -2.22. The van der Waals surface area contributed by atoms with E-state index in [1.54, 1.807) is 36.4 Å². The zero-order chi connectivity index (χ0) is 19.3. The Morgan fingerprint density at radius 3 is 2.15 bits per heavy atom. The van der Waals surface area contributed by atoms with Crippen LogP contribution in [0, 0.1) is 3.57 Å². The minimum atomic E-state index is -3.70. The van der Waals surface area contributed by atoms with Gasteiger partial charge in [0.05, 0.1) is 4.90 Å². The zero-order valence-corrected chi connectivity index (χ0v) is 18.0. The van der Waals surface area contributed by atoms with Crippen LogP contribution in [0.25, 0.3) is 0 Å². The van der Waals surface area contributed by atoms with Gasteiger partial charge in [-0.25, -0.2) is 8.42 Å². The van der Waals surface area contributed by atoms with Gasteiger partial charge in [0.2, 0.25) is 9.84 Å². The normalized spacial score (nSPS) is 12.2. The van der Waals surface area contributed by atoms with Crippen molar-refractivity contribution >= 4 is 55.4 Å². The third kappa shape index (κ3) is 5.06. The Balaban J connectivity index is 1.94. The van der Waals surface area contributed by atoms with Crippen LogP contribution in [0.5, 0.6) is 0 Å². The second kappa shape index (κ2) is 8.81. The monoisotopic (exact) mass is 508 g/mol. The Bertz CT molecular complexity index is 1030. The van der Waals surface area contributed by atoms with Crippen LogP contribution in [-0.2, 0) is 9.84 Å². The van der Waals surface area contributed by atoms with E-state index in [2.05, 4.69) is 33.2 Å². The Hall–Kier alpha value is -1.97. The van der Waals surface area contributed by atoms with Crippen LogP contribution in [0.1, 0.15) is 10.9 Å². The number of hydrogen-bond acceptors (Lipinski definition) is 3. The summed E-state index contributed by atoms with van der Waals surface area (Å²) in [4.78, 5) is 0.240. The molecule has 7 heteroatoms. The van der Waals surface area contributed by atoms with Crippen molar-refractivity contribution in [1.82, 2.24) is 5.32 Å². The number of anilines is 1. The molecule has 138 valence electrons. The van der Waals surface area contributed by atoms with E-state index in [-0.39, 0.29) is 10.0 Å². The molecule has 0 aromatic heterocycles. The maximum atomic E-state index is 13.3. The van der Waals surface area contributed by atoms with E-state index in [1.807, 2.05) is 48.5 Å². The lowest BCUT2D eigenvalue weighted by molar-refractivity contribution is 0.577. The molecular formula is C20H17IN2O2S2. The molecular weight excluding hydrogens is 491 g/mol. The molecule has 0 aliphatic carbocycles. The van der Waals surface area contributed by atoms with Gasteiger partial charge >= 0.3 is 0 Å². The van der Waals surface area contributed by atoms with Crippen molar-refractivity contribution in [2.24, 2.45) is 0 Å². The molecule has 0 saturated heterocycles. The van der Waals surface area contributed by atoms with E-state index in [0.29, 0.717) is 5.56 Å². The van der Waals surface area contributed by atoms with Gasteiger partial charge in [-0.3, -0.25) is 0 Å². The van der Waals surface area contributed by atoms with Gasteiger partial charge in [-0.05, 0) is 76.8 Å². The van der Waals surface area contributed by atoms with Crippen LogP contribution in [-0.4, -0.2) is 13.5 Å². The van der Waals surface area contributed by atoms with Crippen molar-refractivity contribution in [3.8, 4) is 0 Å². The van der Waals surface area contributed by atoms with Gasteiger partial charge in [-0.15, -0.1) is 0 Å². The van der Waals surface area contributed by atoms with Crippen molar-refractivity contribution in [2.45, 2.75) is 10.3 Å². The van der Waals surface area contributed by atoms with Crippen molar-refractivity contribution in [1.29, 1.82) is 0 Å². The predicted molar refractivity (Wildman–Crippen MR) is 121 cm³/mol. The summed E-state index contributed by atoms with van der Waals surface area (Å²) >= 11 is 7.54. The Kier molecular flexibility index (Phi) is 6.46. The molecule has 27 heavy (non-hydrogen) atoms. The molecule has 3 aromatic rings. The number of benzene rings is 3. The van der Waals surface area contributed by atoms with Crippen LogP contribution in [0.2, 0.25) is 0 Å². The van der Waals surface area contributed by atoms with Crippen LogP contribution in [0.3, 0.4) is 0 Å². The molecule has 1 atom stereocenters. The maximum Gasteiger partial charge on any atom is 0.203 e. The molecule has 0 spiro atoms. The third-order valence-electron chi connectivity index (χ3n) is 3.83. The number of nitrogens with one attached hydrogen (secondary N) is 2. The summed E-state index contributed by atoms with van der Waals surface area (Å²) in [6, 6.07) is 25.1. The summed E-state index contributed by atoms with van der Waals surface area (Å²) in [6.45, 7) is 0. The number of halogens is 1. The number of para-hydroxylation sites is 1. The fraction of sp³-hybridized carbons (Fsp3) is 0.0500. The first-order valence-corrected chi connectivity index (χ1v) is 11.2. The quantitative estimate of drug-likeness (QED) is 0.385. The summed E-state index contributed by atoms with van der Waals surface area (Å²) in [5.74, 6) is 0. The summed E-state index contributed by atoms with van der Waals surface area (Å²) in [5.41, 5.74) is 1.41. The standard InChI is InChI=1S/C20H17IN2O2S2/c21-16-9-7-8-15(14-16)19(27(24,25)18-12-5-2-6-13-18)23-20(26)22-17-10-3-1-4-11-17/h1-14,19H,(H2,22,23,26). The highest BCUT2D eigenvalue weighted by Gasteiger charge is 2.30. The molecule has 0 bridgehead atoms. The summed E-state index contributed by atoms with van der Waals surface area (Å²) in [7, 11) is -3.70. The largest absolute Gasteiger partial charge is 0.342 e. The molecule has 0 saturated carbocycles. The van der Waals surface area contributed by atoms with Crippen molar-refractivity contribution in [3.05, 3.63) is 94.1 Å². The minimum absolute atomic E-state index is 0.240. The smallest absolute Gasteiger partial charge is 0.203 e. The fourth-order valence-corrected chi connectivity index (χ4v) is 5.03. The molecule has 0 aliphatic heterocycles. The highest BCUT2D eigenvalue weighted by Crippen LogP contribution is 2.28. The highest BCUT2D eigenvalue weighted by atomic mass is 127. The zero-order valence-electron chi connectivity index (χ0n) is 14.2. The van der Waals surface area contributed by atoms with Crippen molar-refractivity contribution in [2.75, 3.05) is 5.32 Å². The summed E-state index contributed by atoms with van der Waals surface area (Å²) < 4.78 is 27.5. The average Bonchev–Trinajstić information content (AvgIpc) is 2.67.